The van der Waals surface area contributed by atoms with Crippen molar-refractivity contribution in [3.63, 3.8) is 0 Å². The van der Waals surface area contributed by atoms with Gasteiger partial charge >= 0.3 is 0 Å². The van der Waals surface area contributed by atoms with Gasteiger partial charge in [-0.25, -0.2) is 5.43 Å². The summed E-state index contributed by atoms with van der Waals surface area (Å²) >= 11 is 5.88. The molecule has 3 rings (SSSR count). The quantitative estimate of drug-likeness (QED) is 0.432. The second-order valence-electron chi connectivity index (χ2n) is 6.24. The Morgan fingerprint density at radius 1 is 1.03 bits per heavy atom. The molecule has 0 bridgehead atoms. The molecular formula is C23H21ClN2O3. The number of carbonyl (C=O) groups is 1. The molecule has 0 aliphatic rings. The average molecular weight is 409 g/mol. The molecule has 0 aromatic heterocycles. The van der Waals surface area contributed by atoms with Crippen molar-refractivity contribution in [3.05, 3.63) is 101 Å². The van der Waals surface area contributed by atoms with E-state index in [2.05, 4.69) is 10.5 Å². The number of hydrogen-bond acceptors (Lipinski definition) is 4. The topological polar surface area (TPSA) is 59.9 Å². The molecule has 0 aliphatic heterocycles. The predicted molar refractivity (Wildman–Crippen MR) is 114 cm³/mol. The fraction of sp³-hybridized carbons (Fsp3) is 0.130. The largest absolute Gasteiger partial charge is 0.489 e. The first-order chi connectivity index (χ1) is 14.2. The Morgan fingerprint density at radius 3 is 2.38 bits per heavy atom. The maximum absolute atomic E-state index is 12.3. The number of methoxy groups -OCH3 is 1. The molecule has 0 aliphatic carbocycles. The fourth-order valence-electron chi connectivity index (χ4n) is 2.65. The van der Waals surface area contributed by atoms with Gasteiger partial charge in [-0.15, -0.1) is 0 Å². The number of ether oxygens (including phenoxy) is 2. The van der Waals surface area contributed by atoms with Gasteiger partial charge in [0.05, 0.1) is 6.21 Å². The van der Waals surface area contributed by atoms with Crippen molar-refractivity contribution in [2.45, 2.75) is 12.7 Å². The minimum atomic E-state index is -0.711. The van der Waals surface area contributed by atoms with Gasteiger partial charge in [0.2, 0.25) is 0 Å². The molecule has 0 radical (unpaired) electrons. The van der Waals surface area contributed by atoms with Crippen LogP contribution >= 0.6 is 11.6 Å². The fourth-order valence-corrected chi connectivity index (χ4v) is 2.77. The lowest BCUT2D eigenvalue weighted by Crippen LogP contribution is -2.26. The van der Waals surface area contributed by atoms with E-state index in [1.807, 2.05) is 78.9 Å². The van der Waals surface area contributed by atoms with Crippen LogP contribution in [0.25, 0.3) is 0 Å². The number of nitrogens with one attached hydrogen (secondary N) is 1. The summed E-state index contributed by atoms with van der Waals surface area (Å²) in [6.45, 7) is 0.457. The molecule has 0 saturated carbocycles. The zero-order chi connectivity index (χ0) is 20.5. The Labute approximate surface area is 174 Å². The summed E-state index contributed by atoms with van der Waals surface area (Å²) in [6, 6.07) is 24.2. The van der Waals surface area contributed by atoms with Crippen LogP contribution in [0.5, 0.6) is 5.75 Å². The minimum absolute atomic E-state index is 0.335. The van der Waals surface area contributed by atoms with E-state index in [4.69, 9.17) is 21.1 Å². The predicted octanol–water partition coefficient (Wildman–Crippen LogP) is 4.76. The second kappa shape index (κ2) is 10.4. The van der Waals surface area contributed by atoms with Gasteiger partial charge in [0.15, 0.2) is 6.10 Å². The van der Waals surface area contributed by atoms with Crippen LogP contribution < -0.4 is 10.2 Å². The first kappa shape index (κ1) is 20.6. The van der Waals surface area contributed by atoms with Crippen molar-refractivity contribution >= 4 is 23.7 Å². The van der Waals surface area contributed by atoms with Crippen LogP contribution in [0.1, 0.15) is 22.8 Å². The van der Waals surface area contributed by atoms with Gasteiger partial charge < -0.3 is 9.47 Å². The molecular weight excluding hydrogens is 388 g/mol. The number of carbonyl (C=O) groups excluding carboxylic acids is 1. The number of hydrazone groups is 1. The van der Waals surface area contributed by atoms with Crippen LogP contribution in [-0.4, -0.2) is 19.2 Å². The summed E-state index contributed by atoms with van der Waals surface area (Å²) in [7, 11) is 1.49. The van der Waals surface area contributed by atoms with Crippen molar-refractivity contribution in [1.82, 2.24) is 5.43 Å². The minimum Gasteiger partial charge on any atom is -0.489 e. The first-order valence-corrected chi connectivity index (χ1v) is 9.41. The highest BCUT2D eigenvalue weighted by Crippen LogP contribution is 2.17. The maximum Gasteiger partial charge on any atom is 0.273 e. The maximum atomic E-state index is 12.3. The molecule has 1 unspecified atom stereocenters. The Morgan fingerprint density at radius 2 is 1.72 bits per heavy atom. The monoisotopic (exact) mass is 408 g/mol. The zero-order valence-electron chi connectivity index (χ0n) is 15.9. The van der Waals surface area contributed by atoms with Gasteiger partial charge in [-0.05, 0) is 53.1 Å². The van der Waals surface area contributed by atoms with E-state index in [1.165, 1.54) is 7.11 Å². The van der Waals surface area contributed by atoms with Gasteiger partial charge in [-0.3, -0.25) is 4.79 Å². The molecule has 0 saturated heterocycles. The third-order valence-corrected chi connectivity index (χ3v) is 4.42. The number of rotatable bonds is 8. The van der Waals surface area contributed by atoms with Gasteiger partial charge in [0.25, 0.3) is 5.91 Å². The lowest BCUT2D eigenvalue weighted by molar-refractivity contribution is -0.131. The Hall–Kier alpha value is -3.15. The Balaban J connectivity index is 1.51. The third kappa shape index (κ3) is 6.17. The molecule has 29 heavy (non-hydrogen) atoms. The number of amides is 1. The van der Waals surface area contributed by atoms with Crippen molar-refractivity contribution in [2.24, 2.45) is 5.10 Å². The molecule has 1 amide bonds. The lowest BCUT2D eigenvalue weighted by Gasteiger charge is -2.13. The van der Waals surface area contributed by atoms with Crippen LogP contribution in [0.2, 0.25) is 5.02 Å². The van der Waals surface area contributed by atoms with Crippen molar-refractivity contribution in [2.75, 3.05) is 7.11 Å². The average Bonchev–Trinajstić information content (AvgIpc) is 2.75. The molecule has 3 aromatic carbocycles. The van der Waals surface area contributed by atoms with Crippen LogP contribution in [0.15, 0.2) is 84.0 Å². The van der Waals surface area contributed by atoms with Crippen molar-refractivity contribution in [3.8, 4) is 5.75 Å². The lowest BCUT2D eigenvalue weighted by atomic mass is 10.1. The molecule has 0 spiro atoms. The molecule has 0 heterocycles. The summed E-state index contributed by atoms with van der Waals surface area (Å²) < 4.78 is 11.0. The molecule has 0 fully saturated rings. The van der Waals surface area contributed by atoms with E-state index in [0.29, 0.717) is 11.6 Å². The standard InChI is InChI=1S/C23H21ClN2O3/c1-28-22(19-5-3-2-4-6-19)23(27)26-25-15-17-9-13-21(14-10-17)29-16-18-7-11-20(24)12-8-18/h2-15,22H,16H2,1H3,(H,26,27)/b25-15+. The van der Waals surface area contributed by atoms with Crippen LogP contribution in [0.4, 0.5) is 0 Å². The van der Waals surface area contributed by atoms with Gasteiger partial charge in [-0.2, -0.15) is 5.10 Å². The van der Waals surface area contributed by atoms with Gasteiger partial charge in [0, 0.05) is 12.1 Å². The summed E-state index contributed by atoms with van der Waals surface area (Å²) in [5, 5.41) is 4.71. The molecule has 1 N–H and O–H groups in total. The number of hydrogen-bond donors (Lipinski definition) is 1. The van der Waals surface area contributed by atoms with E-state index in [-0.39, 0.29) is 5.91 Å². The van der Waals surface area contributed by atoms with Crippen LogP contribution in [0.3, 0.4) is 0 Å². The summed E-state index contributed by atoms with van der Waals surface area (Å²) in [6.07, 6.45) is 0.857. The zero-order valence-corrected chi connectivity index (χ0v) is 16.7. The van der Waals surface area contributed by atoms with Gasteiger partial charge in [0.1, 0.15) is 12.4 Å². The summed E-state index contributed by atoms with van der Waals surface area (Å²) in [5.41, 5.74) is 5.15. The second-order valence-corrected chi connectivity index (χ2v) is 6.68. The highest BCUT2D eigenvalue weighted by molar-refractivity contribution is 6.30. The highest BCUT2D eigenvalue weighted by Gasteiger charge is 2.18. The molecule has 3 aromatic rings. The van der Waals surface area contributed by atoms with E-state index in [1.54, 1.807) is 6.21 Å². The normalized spacial score (nSPS) is 11.9. The van der Waals surface area contributed by atoms with Crippen LogP contribution in [-0.2, 0) is 16.1 Å². The van der Waals surface area contributed by atoms with E-state index in [9.17, 15) is 4.79 Å². The molecule has 148 valence electrons. The van der Waals surface area contributed by atoms with Crippen LogP contribution in [0, 0.1) is 0 Å². The van der Waals surface area contributed by atoms with E-state index >= 15 is 0 Å². The molecule has 5 nitrogen and oxygen atoms in total. The first-order valence-electron chi connectivity index (χ1n) is 9.03. The SMILES string of the molecule is COC(C(=O)N/N=C/c1ccc(OCc2ccc(Cl)cc2)cc1)c1ccccc1. The number of halogens is 1. The van der Waals surface area contributed by atoms with Crippen molar-refractivity contribution < 1.29 is 14.3 Å². The molecule has 1 atom stereocenters. The van der Waals surface area contributed by atoms with E-state index < -0.39 is 6.10 Å². The van der Waals surface area contributed by atoms with Gasteiger partial charge in [-0.1, -0.05) is 54.1 Å². The Bertz CT molecular complexity index is 942. The number of benzene rings is 3. The van der Waals surface area contributed by atoms with Crippen molar-refractivity contribution in [1.29, 1.82) is 0 Å². The third-order valence-electron chi connectivity index (χ3n) is 4.16. The highest BCUT2D eigenvalue weighted by atomic mass is 35.5. The smallest absolute Gasteiger partial charge is 0.273 e. The summed E-state index contributed by atoms with van der Waals surface area (Å²) in [4.78, 5) is 12.3. The number of nitrogens with zero attached hydrogens (tertiary/aromatic N) is 1. The van der Waals surface area contributed by atoms with E-state index in [0.717, 1.165) is 22.4 Å². The summed E-state index contributed by atoms with van der Waals surface area (Å²) in [5.74, 6) is 0.405. The molecule has 6 heteroatoms. The Kier molecular flexibility index (Phi) is 7.39.